The summed E-state index contributed by atoms with van der Waals surface area (Å²) in [6, 6.07) is 15.6. The molecule has 2 aromatic heterocycles. The first-order valence-electron chi connectivity index (χ1n) is 5.83. The summed E-state index contributed by atoms with van der Waals surface area (Å²) in [6.07, 6.45) is 3.50. The number of pyridine rings is 1. The van der Waals surface area contributed by atoms with Crippen LogP contribution in [0.5, 0.6) is 0 Å². The molecule has 0 amide bonds. The minimum absolute atomic E-state index is 0.381. The summed E-state index contributed by atoms with van der Waals surface area (Å²) in [6.45, 7) is 0. The summed E-state index contributed by atoms with van der Waals surface area (Å²) in [4.78, 5) is 4.03. The van der Waals surface area contributed by atoms with E-state index >= 15 is 0 Å². The van der Waals surface area contributed by atoms with Gasteiger partial charge in [-0.05, 0) is 23.8 Å². The Bertz CT molecular complexity index is 684. The normalized spacial score (nSPS) is 10.4. The van der Waals surface area contributed by atoms with Gasteiger partial charge in [0.15, 0.2) is 5.15 Å². The van der Waals surface area contributed by atoms with Gasteiger partial charge in [-0.2, -0.15) is 0 Å². The van der Waals surface area contributed by atoms with Crippen LogP contribution in [0.1, 0.15) is 0 Å². The Morgan fingerprint density at radius 3 is 2.26 bits per heavy atom. The maximum atomic E-state index is 5.96. The van der Waals surface area contributed by atoms with Crippen molar-refractivity contribution in [3.05, 3.63) is 66.1 Å². The number of aromatic nitrogens is 3. The SMILES string of the molecule is Clc1cc(-c2ccncc2)c(-c2ccccc2)nn1. The van der Waals surface area contributed by atoms with Crippen molar-refractivity contribution in [3.8, 4) is 22.4 Å². The van der Waals surface area contributed by atoms with Crippen LogP contribution in [0.3, 0.4) is 0 Å². The minimum atomic E-state index is 0.381. The summed E-state index contributed by atoms with van der Waals surface area (Å²) in [5.41, 5.74) is 3.80. The first-order chi connectivity index (χ1) is 9.34. The third-order valence-corrected chi connectivity index (χ3v) is 2.99. The van der Waals surface area contributed by atoms with Gasteiger partial charge in [0.25, 0.3) is 0 Å². The third-order valence-electron chi connectivity index (χ3n) is 2.80. The predicted octanol–water partition coefficient (Wildman–Crippen LogP) is 3.86. The number of hydrogen-bond donors (Lipinski definition) is 0. The van der Waals surface area contributed by atoms with E-state index in [2.05, 4.69) is 15.2 Å². The van der Waals surface area contributed by atoms with Gasteiger partial charge >= 0.3 is 0 Å². The minimum Gasteiger partial charge on any atom is -0.265 e. The van der Waals surface area contributed by atoms with Crippen molar-refractivity contribution in [3.63, 3.8) is 0 Å². The average molecular weight is 268 g/mol. The van der Waals surface area contributed by atoms with Gasteiger partial charge in [-0.25, -0.2) is 0 Å². The molecular formula is C15H10ClN3. The van der Waals surface area contributed by atoms with E-state index in [9.17, 15) is 0 Å². The summed E-state index contributed by atoms with van der Waals surface area (Å²) >= 11 is 5.96. The number of rotatable bonds is 2. The average Bonchev–Trinajstić information content (AvgIpc) is 2.49. The van der Waals surface area contributed by atoms with Crippen molar-refractivity contribution in [2.24, 2.45) is 0 Å². The predicted molar refractivity (Wildman–Crippen MR) is 75.7 cm³/mol. The zero-order chi connectivity index (χ0) is 13.1. The van der Waals surface area contributed by atoms with Crippen LogP contribution < -0.4 is 0 Å². The quantitative estimate of drug-likeness (QED) is 0.708. The summed E-state index contributed by atoms with van der Waals surface area (Å²) in [7, 11) is 0. The van der Waals surface area contributed by atoms with Gasteiger partial charge in [-0.1, -0.05) is 41.9 Å². The van der Waals surface area contributed by atoms with E-state index in [4.69, 9.17) is 11.6 Å². The zero-order valence-corrected chi connectivity index (χ0v) is 10.7. The van der Waals surface area contributed by atoms with Crippen molar-refractivity contribution < 1.29 is 0 Å². The Hall–Kier alpha value is -2.26. The van der Waals surface area contributed by atoms with Crippen LogP contribution in [-0.2, 0) is 0 Å². The van der Waals surface area contributed by atoms with Gasteiger partial charge in [-0.15, -0.1) is 10.2 Å². The molecule has 3 nitrogen and oxygen atoms in total. The second-order valence-corrected chi connectivity index (χ2v) is 4.42. The number of nitrogens with zero attached hydrogens (tertiary/aromatic N) is 3. The molecule has 0 aliphatic heterocycles. The molecule has 0 saturated carbocycles. The maximum absolute atomic E-state index is 5.96. The number of hydrogen-bond acceptors (Lipinski definition) is 3. The van der Waals surface area contributed by atoms with Crippen molar-refractivity contribution in [2.45, 2.75) is 0 Å². The topological polar surface area (TPSA) is 38.7 Å². The van der Waals surface area contributed by atoms with E-state index < -0.39 is 0 Å². The molecule has 2 heterocycles. The lowest BCUT2D eigenvalue weighted by molar-refractivity contribution is 1.04. The lowest BCUT2D eigenvalue weighted by atomic mass is 10.0. The van der Waals surface area contributed by atoms with Crippen molar-refractivity contribution in [1.82, 2.24) is 15.2 Å². The van der Waals surface area contributed by atoms with E-state index in [0.717, 1.165) is 22.4 Å². The summed E-state index contributed by atoms with van der Waals surface area (Å²) < 4.78 is 0. The van der Waals surface area contributed by atoms with Crippen LogP contribution in [0.4, 0.5) is 0 Å². The fourth-order valence-corrected chi connectivity index (χ4v) is 2.08. The van der Waals surface area contributed by atoms with Crippen LogP contribution in [-0.4, -0.2) is 15.2 Å². The monoisotopic (exact) mass is 267 g/mol. The van der Waals surface area contributed by atoms with Crippen LogP contribution >= 0.6 is 11.6 Å². The zero-order valence-electron chi connectivity index (χ0n) is 9.99. The molecule has 4 heteroatoms. The Morgan fingerprint density at radius 1 is 0.789 bits per heavy atom. The van der Waals surface area contributed by atoms with E-state index in [1.807, 2.05) is 48.5 Å². The highest BCUT2D eigenvalue weighted by Crippen LogP contribution is 2.30. The molecule has 0 fully saturated rings. The molecule has 3 rings (SSSR count). The summed E-state index contributed by atoms with van der Waals surface area (Å²) in [5.74, 6) is 0. The van der Waals surface area contributed by atoms with Gasteiger partial charge in [0, 0.05) is 23.5 Å². The standard InChI is InChI=1S/C15H10ClN3/c16-14-10-13(11-6-8-17-9-7-11)15(19-18-14)12-4-2-1-3-5-12/h1-10H. The maximum Gasteiger partial charge on any atom is 0.152 e. The first kappa shape index (κ1) is 11.8. The van der Waals surface area contributed by atoms with Crippen molar-refractivity contribution >= 4 is 11.6 Å². The van der Waals surface area contributed by atoms with Crippen molar-refractivity contribution in [2.75, 3.05) is 0 Å². The lowest BCUT2D eigenvalue weighted by Gasteiger charge is -2.08. The smallest absolute Gasteiger partial charge is 0.152 e. The molecule has 3 aromatic rings. The van der Waals surface area contributed by atoms with Crippen LogP contribution in [0.15, 0.2) is 60.9 Å². The van der Waals surface area contributed by atoms with Gasteiger partial charge in [0.05, 0.1) is 0 Å². The molecule has 0 unspecified atom stereocenters. The number of benzene rings is 1. The molecule has 0 aliphatic rings. The molecule has 1 aromatic carbocycles. The highest BCUT2D eigenvalue weighted by atomic mass is 35.5. The van der Waals surface area contributed by atoms with Crippen LogP contribution in [0, 0.1) is 0 Å². The first-order valence-corrected chi connectivity index (χ1v) is 6.21. The largest absolute Gasteiger partial charge is 0.265 e. The Labute approximate surface area is 115 Å². The highest BCUT2D eigenvalue weighted by Gasteiger charge is 2.10. The van der Waals surface area contributed by atoms with Crippen LogP contribution in [0.2, 0.25) is 5.15 Å². The molecule has 0 saturated heterocycles. The fraction of sp³-hybridized carbons (Fsp3) is 0. The van der Waals surface area contributed by atoms with E-state index in [1.165, 1.54) is 0 Å². The second-order valence-electron chi connectivity index (χ2n) is 4.03. The van der Waals surface area contributed by atoms with Gasteiger partial charge < -0.3 is 0 Å². The summed E-state index contributed by atoms with van der Waals surface area (Å²) in [5, 5.41) is 8.54. The van der Waals surface area contributed by atoms with Gasteiger partial charge in [-0.3, -0.25) is 4.98 Å². The molecule has 19 heavy (non-hydrogen) atoms. The molecular weight excluding hydrogens is 258 g/mol. The van der Waals surface area contributed by atoms with Crippen LogP contribution in [0.25, 0.3) is 22.4 Å². The lowest BCUT2D eigenvalue weighted by Crippen LogP contribution is -1.93. The Kier molecular flexibility index (Phi) is 3.21. The Morgan fingerprint density at radius 2 is 1.53 bits per heavy atom. The molecule has 0 aliphatic carbocycles. The van der Waals surface area contributed by atoms with Crippen molar-refractivity contribution in [1.29, 1.82) is 0 Å². The fourth-order valence-electron chi connectivity index (χ4n) is 1.93. The molecule has 0 bridgehead atoms. The van der Waals surface area contributed by atoms with E-state index in [0.29, 0.717) is 5.15 Å². The third kappa shape index (κ3) is 2.46. The molecule has 92 valence electrons. The van der Waals surface area contributed by atoms with E-state index in [-0.39, 0.29) is 0 Å². The second kappa shape index (κ2) is 5.16. The molecule has 0 N–H and O–H groups in total. The molecule has 0 radical (unpaired) electrons. The number of halogens is 1. The molecule has 0 atom stereocenters. The molecule has 0 spiro atoms. The highest BCUT2D eigenvalue weighted by molar-refractivity contribution is 6.29. The van der Waals surface area contributed by atoms with Gasteiger partial charge in [0.1, 0.15) is 5.69 Å². The Balaban J connectivity index is 2.21. The van der Waals surface area contributed by atoms with E-state index in [1.54, 1.807) is 12.4 Å². The van der Waals surface area contributed by atoms with Gasteiger partial charge in [0.2, 0.25) is 0 Å².